The average Bonchev–Trinajstić information content (AvgIpc) is 3.33. The number of aliphatic hydroxyl groups is 1. The van der Waals surface area contributed by atoms with Crippen LogP contribution in [0.3, 0.4) is 0 Å². The molecule has 1 aliphatic heterocycles. The molecule has 1 fully saturated rings. The van der Waals surface area contributed by atoms with E-state index < -0.39 is 0 Å². The predicted molar refractivity (Wildman–Crippen MR) is 92.2 cm³/mol. The number of rotatable bonds is 6. The minimum Gasteiger partial charge on any atom is -0.396 e. The second-order valence-electron chi connectivity index (χ2n) is 6.15. The molecule has 4 rings (SSSR count). The van der Waals surface area contributed by atoms with Crippen molar-refractivity contribution in [3.05, 3.63) is 29.0 Å². The Morgan fingerprint density at radius 1 is 1.33 bits per heavy atom. The Morgan fingerprint density at radius 2 is 2.29 bits per heavy atom. The summed E-state index contributed by atoms with van der Waals surface area (Å²) < 4.78 is 7.29. The molecular formula is C16H19N5O2S. The molecule has 0 saturated carbocycles. The van der Waals surface area contributed by atoms with Crippen molar-refractivity contribution in [3.63, 3.8) is 0 Å². The van der Waals surface area contributed by atoms with Crippen LogP contribution >= 0.6 is 11.3 Å². The van der Waals surface area contributed by atoms with Crippen molar-refractivity contribution in [2.75, 3.05) is 31.7 Å². The Kier molecular flexibility index (Phi) is 4.17. The first-order valence-corrected chi connectivity index (χ1v) is 8.91. The Hall–Kier alpha value is -2.03. The number of nitrogens with one attached hydrogen (secondary N) is 1. The van der Waals surface area contributed by atoms with Gasteiger partial charge in [-0.25, -0.2) is 0 Å². The standard InChI is InChI=1S/C16H19N5O2S/c22-6-4-16(5-7-23-11-16)10-17-13-1-2-14-18-19-15(21(14)20-13)12-3-8-24-9-12/h1-3,8-9,22H,4-7,10-11H2,(H,17,20)/t16-/m0/s1. The summed E-state index contributed by atoms with van der Waals surface area (Å²) in [5.74, 6) is 1.51. The number of anilines is 1. The van der Waals surface area contributed by atoms with E-state index in [1.807, 2.05) is 29.0 Å². The first kappa shape index (κ1) is 15.5. The lowest BCUT2D eigenvalue weighted by Crippen LogP contribution is -2.31. The lowest BCUT2D eigenvalue weighted by Gasteiger charge is -2.26. The quantitative estimate of drug-likeness (QED) is 0.711. The van der Waals surface area contributed by atoms with Crippen molar-refractivity contribution in [2.24, 2.45) is 5.41 Å². The van der Waals surface area contributed by atoms with Crippen molar-refractivity contribution < 1.29 is 9.84 Å². The van der Waals surface area contributed by atoms with Crippen LogP contribution in [0.1, 0.15) is 12.8 Å². The van der Waals surface area contributed by atoms with Crippen LogP contribution in [0, 0.1) is 5.41 Å². The highest BCUT2D eigenvalue weighted by Gasteiger charge is 2.34. The van der Waals surface area contributed by atoms with E-state index in [4.69, 9.17) is 4.74 Å². The van der Waals surface area contributed by atoms with Crippen LogP contribution in [0.5, 0.6) is 0 Å². The highest BCUT2D eigenvalue weighted by Crippen LogP contribution is 2.32. The minimum absolute atomic E-state index is 0.0191. The lowest BCUT2D eigenvalue weighted by atomic mass is 9.84. The van der Waals surface area contributed by atoms with Gasteiger partial charge in [0, 0.05) is 36.1 Å². The molecule has 0 spiro atoms. The molecule has 2 N–H and O–H groups in total. The van der Waals surface area contributed by atoms with Crippen LogP contribution in [-0.4, -0.2) is 51.3 Å². The van der Waals surface area contributed by atoms with E-state index in [9.17, 15) is 5.11 Å². The summed E-state index contributed by atoms with van der Waals surface area (Å²) in [4.78, 5) is 0. The number of thiophene rings is 1. The molecule has 3 aromatic heterocycles. The van der Waals surface area contributed by atoms with Gasteiger partial charge >= 0.3 is 0 Å². The van der Waals surface area contributed by atoms with Gasteiger partial charge in [-0.3, -0.25) is 0 Å². The molecule has 1 atom stereocenters. The van der Waals surface area contributed by atoms with Crippen LogP contribution in [0.15, 0.2) is 29.0 Å². The topological polar surface area (TPSA) is 84.6 Å². The molecular weight excluding hydrogens is 326 g/mol. The van der Waals surface area contributed by atoms with E-state index in [1.54, 1.807) is 15.9 Å². The molecule has 0 unspecified atom stereocenters. The van der Waals surface area contributed by atoms with Crippen LogP contribution in [0.4, 0.5) is 5.82 Å². The highest BCUT2D eigenvalue weighted by molar-refractivity contribution is 7.08. The van der Waals surface area contributed by atoms with Gasteiger partial charge in [0.2, 0.25) is 0 Å². The molecule has 1 aliphatic rings. The lowest BCUT2D eigenvalue weighted by molar-refractivity contribution is 0.133. The Morgan fingerprint density at radius 3 is 3.04 bits per heavy atom. The molecule has 7 nitrogen and oxygen atoms in total. The van der Waals surface area contributed by atoms with E-state index >= 15 is 0 Å². The van der Waals surface area contributed by atoms with Crippen molar-refractivity contribution in [1.82, 2.24) is 19.8 Å². The Bertz CT molecular complexity index is 811. The zero-order valence-electron chi connectivity index (χ0n) is 13.2. The molecule has 0 aromatic carbocycles. The maximum atomic E-state index is 9.33. The summed E-state index contributed by atoms with van der Waals surface area (Å²) in [6, 6.07) is 5.82. The van der Waals surface area contributed by atoms with Gasteiger partial charge < -0.3 is 15.2 Å². The molecule has 3 aromatic rings. The molecule has 0 aliphatic carbocycles. The van der Waals surface area contributed by atoms with Gasteiger partial charge in [0.05, 0.1) is 6.61 Å². The monoisotopic (exact) mass is 345 g/mol. The van der Waals surface area contributed by atoms with Crippen LogP contribution < -0.4 is 5.32 Å². The second kappa shape index (κ2) is 6.46. The number of aromatic nitrogens is 4. The van der Waals surface area contributed by atoms with E-state index in [1.165, 1.54) is 0 Å². The molecule has 0 amide bonds. The predicted octanol–water partition coefficient (Wildman–Crippen LogP) is 2.05. The van der Waals surface area contributed by atoms with E-state index in [0.717, 1.165) is 48.8 Å². The number of fused-ring (bicyclic) bond motifs is 1. The van der Waals surface area contributed by atoms with Gasteiger partial charge in [0.1, 0.15) is 5.82 Å². The fraction of sp³-hybridized carbons (Fsp3) is 0.438. The zero-order valence-corrected chi connectivity index (χ0v) is 14.0. The smallest absolute Gasteiger partial charge is 0.186 e. The second-order valence-corrected chi connectivity index (χ2v) is 6.93. The van der Waals surface area contributed by atoms with Crippen molar-refractivity contribution >= 4 is 22.8 Å². The summed E-state index contributed by atoms with van der Waals surface area (Å²) >= 11 is 1.62. The maximum Gasteiger partial charge on any atom is 0.186 e. The molecule has 0 radical (unpaired) electrons. The summed E-state index contributed by atoms with van der Waals surface area (Å²) in [6.07, 6.45) is 1.69. The molecule has 126 valence electrons. The zero-order chi connectivity index (χ0) is 16.4. The number of hydrogen-bond acceptors (Lipinski definition) is 7. The SMILES string of the molecule is OCC[C@@]1(CNc2ccc3nnc(-c4ccsc4)n3n2)CCOC1. The van der Waals surface area contributed by atoms with E-state index in [-0.39, 0.29) is 12.0 Å². The molecule has 24 heavy (non-hydrogen) atoms. The summed E-state index contributed by atoms with van der Waals surface area (Å²) in [7, 11) is 0. The van der Waals surface area contributed by atoms with Crippen molar-refractivity contribution in [3.8, 4) is 11.4 Å². The summed E-state index contributed by atoms with van der Waals surface area (Å²) in [5, 5.41) is 29.8. The molecule has 0 bridgehead atoms. The Labute approximate surface area is 143 Å². The van der Waals surface area contributed by atoms with Crippen LogP contribution in [-0.2, 0) is 4.74 Å². The molecule has 4 heterocycles. The minimum atomic E-state index is -0.0191. The fourth-order valence-electron chi connectivity index (χ4n) is 3.04. The fourth-order valence-corrected chi connectivity index (χ4v) is 3.68. The first-order chi connectivity index (χ1) is 11.8. The van der Waals surface area contributed by atoms with Crippen molar-refractivity contribution in [1.29, 1.82) is 0 Å². The number of aliphatic hydroxyl groups excluding tert-OH is 1. The van der Waals surface area contributed by atoms with Gasteiger partial charge in [-0.1, -0.05) is 0 Å². The third-order valence-electron chi connectivity index (χ3n) is 4.51. The van der Waals surface area contributed by atoms with Gasteiger partial charge in [0.25, 0.3) is 0 Å². The average molecular weight is 345 g/mol. The van der Waals surface area contributed by atoms with Crippen molar-refractivity contribution in [2.45, 2.75) is 12.8 Å². The number of ether oxygens (including phenoxy) is 1. The van der Waals surface area contributed by atoms with Gasteiger partial charge in [-0.2, -0.15) is 15.9 Å². The third-order valence-corrected chi connectivity index (χ3v) is 5.20. The van der Waals surface area contributed by atoms with E-state index in [0.29, 0.717) is 6.61 Å². The Balaban J connectivity index is 1.57. The third kappa shape index (κ3) is 2.88. The van der Waals surface area contributed by atoms with Crippen LogP contribution in [0.2, 0.25) is 0 Å². The van der Waals surface area contributed by atoms with E-state index in [2.05, 4.69) is 20.6 Å². The summed E-state index contributed by atoms with van der Waals surface area (Å²) in [6.45, 7) is 2.32. The normalized spacial score (nSPS) is 20.7. The largest absolute Gasteiger partial charge is 0.396 e. The first-order valence-electron chi connectivity index (χ1n) is 7.97. The maximum absolute atomic E-state index is 9.33. The molecule has 1 saturated heterocycles. The highest BCUT2D eigenvalue weighted by atomic mass is 32.1. The van der Waals surface area contributed by atoms with Gasteiger partial charge in [-0.05, 0) is 36.4 Å². The number of hydrogen-bond donors (Lipinski definition) is 2. The molecule has 8 heteroatoms. The van der Waals surface area contributed by atoms with Gasteiger partial charge in [-0.15, -0.1) is 15.3 Å². The summed E-state index contributed by atoms with van der Waals surface area (Å²) in [5.41, 5.74) is 1.71. The van der Waals surface area contributed by atoms with Gasteiger partial charge in [0.15, 0.2) is 11.5 Å². The number of nitrogens with zero attached hydrogens (tertiary/aromatic N) is 4. The van der Waals surface area contributed by atoms with Crippen LogP contribution in [0.25, 0.3) is 17.0 Å².